The zero-order valence-corrected chi connectivity index (χ0v) is 18.6. The van der Waals surface area contributed by atoms with Crippen LogP contribution in [0.15, 0.2) is 84.9 Å². The summed E-state index contributed by atoms with van der Waals surface area (Å²) in [7, 11) is 0. The van der Waals surface area contributed by atoms with Gasteiger partial charge in [-0.15, -0.1) is 0 Å². The van der Waals surface area contributed by atoms with E-state index in [0.29, 0.717) is 23.1 Å². The average Bonchev–Trinajstić information content (AvgIpc) is 2.81. The van der Waals surface area contributed by atoms with Crippen molar-refractivity contribution in [2.75, 3.05) is 26.2 Å². The molecule has 1 fully saturated rings. The van der Waals surface area contributed by atoms with E-state index < -0.39 is 0 Å². The average molecular weight is 451 g/mol. The number of rotatable bonds is 5. The highest BCUT2D eigenvalue weighted by Crippen LogP contribution is 2.29. The number of amides is 1. The number of halogens is 2. The third kappa shape index (κ3) is 5.37. The lowest BCUT2D eigenvalue weighted by Crippen LogP contribution is -2.49. The molecule has 158 valence electrons. The van der Waals surface area contributed by atoms with Crippen molar-refractivity contribution in [1.29, 1.82) is 0 Å². The van der Waals surface area contributed by atoms with Gasteiger partial charge in [0, 0.05) is 42.3 Å². The summed E-state index contributed by atoms with van der Waals surface area (Å²) in [6.07, 6.45) is 3.32. The van der Waals surface area contributed by atoms with Gasteiger partial charge < -0.3 is 4.90 Å². The van der Waals surface area contributed by atoms with E-state index in [-0.39, 0.29) is 11.9 Å². The van der Waals surface area contributed by atoms with Crippen LogP contribution in [0.1, 0.15) is 22.7 Å². The second-order valence-corrected chi connectivity index (χ2v) is 8.43. The maximum atomic E-state index is 12.7. The van der Waals surface area contributed by atoms with Gasteiger partial charge in [-0.1, -0.05) is 83.9 Å². The first-order chi connectivity index (χ1) is 15.1. The Morgan fingerprint density at radius 1 is 0.806 bits per heavy atom. The molecule has 5 heteroatoms. The van der Waals surface area contributed by atoms with Crippen LogP contribution in [0.3, 0.4) is 0 Å². The van der Waals surface area contributed by atoms with Crippen LogP contribution in [-0.4, -0.2) is 41.9 Å². The zero-order chi connectivity index (χ0) is 21.6. The Morgan fingerprint density at radius 3 is 1.97 bits per heavy atom. The molecule has 3 nitrogen and oxygen atoms in total. The van der Waals surface area contributed by atoms with Crippen LogP contribution in [-0.2, 0) is 4.79 Å². The summed E-state index contributed by atoms with van der Waals surface area (Å²) in [5, 5.41) is 1.17. The van der Waals surface area contributed by atoms with Crippen molar-refractivity contribution < 1.29 is 4.79 Å². The van der Waals surface area contributed by atoms with E-state index >= 15 is 0 Å². The first-order valence-electron chi connectivity index (χ1n) is 10.4. The van der Waals surface area contributed by atoms with Crippen molar-refractivity contribution in [3.63, 3.8) is 0 Å². The lowest BCUT2D eigenvalue weighted by atomic mass is 9.96. The van der Waals surface area contributed by atoms with E-state index in [2.05, 4.69) is 53.4 Å². The van der Waals surface area contributed by atoms with E-state index in [1.54, 1.807) is 30.4 Å². The molecule has 0 radical (unpaired) electrons. The molecule has 0 aromatic heterocycles. The number of nitrogens with zero attached hydrogens (tertiary/aromatic N) is 2. The van der Waals surface area contributed by atoms with Gasteiger partial charge in [0.1, 0.15) is 0 Å². The number of carbonyl (C=O) groups is 1. The van der Waals surface area contributed by atoms with Crippen LogP contribution in [0.5, 0.6) is 0 Å². The molecule has 1 aliphatic rings. The second-order valence-electron chi connectivity index (χ2n) is 7.58. The largest absolute Gasteiger partial charge is 0.337 e. The quantitative estimate of drug-likeness (QED) is 0.449. The fraction of sp³-hybridized carbons (Fsp3) is 0.192. The minimum absolute atomic E-state index is 0.00772. The van der Waals surface area contributed by atoms with Gasteiger partial charge in [0.2, 0.25) is 5.91 Å². The molecule has 0 spiro atoms. The van der Waals surface area contributed by atoms with Crippen LogP contribution < -0.4 is 0 Å². The Morgan fingerprint density at radius 2 is 1.39 bits per heavy atom. The highest BCUT2D eigenvalue weighted by Gasteiger charge is 2.27. The first-order valence-corrected chi connectivity index (χ1v) is 11.1. The molecular formula is C26H24Cl2N2O. The van der Waals surface area contributed by atoms with Gasteiger partial charge in [0.15, 0.2) is 0 Å². The van der Waals surface area contributed by atoms with Gasteiger partial charge >= 0.3 is 0 Å². The number of hydrogen-bond acceptors (Lipinski definition) is 2. The predicted octanol–water partition coefficient (Wildman–Crippen LogP) is 5.94. The van der Waals surface area contributed by atoms with E-state index in [4.69, 9.17) is 23.2 Å². The molecule has 0 aliphatic carbocycles. The molecule has 0 bridgehead atoms. The molecule has 3 aromatic rings. The third-order valence-electron chi connectivity index (χ3n) is 5.59. The van der Waals surface area contributed by atoms with Crippen LogP contribution in [0.4, 0.5) is 0 Å². The number of piperazine rings is 1. The monoisotopic (exact) mass is 450 g/mol. The molecule has 1 amide bonds. The molecule has 1 heterocycles. The van der Waals surface area contributed by atoms with Crippen molar-refractivity contribution in [3.05, 3.63) is 112 Å². The zero-order valence-electron chi connectivity index (χ0n) is 17.1. The minimum atomic E-state index is -0.00772. The summed E-state index contributed by atoms with van der Waals surface area (Å²) < 4.78 is 0. The summed E-state index contributed by atoms with van der Waals surface area (Å²) in [5.41, 5.74) is 3.28. The van der Waals surface area contributed by atoms with Crippen LogP contribution in [0.25, 0.3) is 6.08 Å². The Hall–Kier alpha value is -2.59. The highest BCUT2D eigenvalue weighted by atomic mass is 35.5. The van der Waals surface area contributed by atoms with Gasteiger partial charge in [-0.05, 0) is 41.0 Å². The van der Waals surface area contributed by atoms with E-state index in [9.17, 15) is 4.79 Å². The topological polar surface area (TPSA) is 23.6 Å². The standard InChI is InChI=1S/C26H24Cl2N2O/c27-23-12-13-24(28)22(19-23)11-14-25(31)29-15-17-30(18-16-29)26(20-7-3-1-4-8-20)21-9-5-2-6-10-21/h1-14,19,26H,15-18H2/b14-11+. The molecule has 0 atom stereocenters. The van der Waals surface area contributed by atoms with E-state index in [1.807, 2.05) is 17.0 Å². The number of benzene rings is 3. The fourth-order valence-corrected chi connectivity index (χ4v) is 4.36. The molecule has 0 N–H and O–H groups in total. The van der Waals surface area contributed by atoms with Crippen molar-refractivity contribution in [1.82, 2.24) is 9.80 Å². The van der Waals surface area contributed by atoms with Gasteiger partial charge in [-0.3, -0.25) is 9.69 Å². The normalized spacial score (nSPS) is 15.0. The van der Waals surface area contributed by atoms with Crippen molar-refractivity contribution in [2.24, 2.45) is 0 Å². The molecule has 4 rings (SSSR count). The summed E-state index contributed by atoms with van der Waals surface area (Å²) in [4.78, 5) is 17.1. The van der Waals surface area contributed by atoms with Crippen LogP contribution >= 0.6 is 23.2 Å². The molecule has 31 heavy (non-hydrogen) atoms. The Kier molecular flexibility index (Phi) is 7.08. The summed E-state index contributed by atoms with van der Waals surface area (Å²) in [6, 6.07) is 26.5. The molecule has 1 saturated heterocycles. The summed E-state index contributed by atoms with van der Waals surface area (Å²) in [5.74, 6) is -0.00772. The molecule has 0 unspecified atom stereocenters. The molecule has 1 aliphatic heterocycles. The van der Waals surface area contributed by atoms with E-state index in [0.717, 1.165) is 18.7 Å². The predicted molar refractivity (Wildman–Crippen MR) is 128 cm³/mol. The number of carbonyl (C=O) groups excluding carboxylic acids is 1. The van der Waals surface area contributed by atoms with Gasteiger partial charge in [0.25, 0.3) is 0 Å². The van der Waals surface area contributed by atoms with Gasteiger partial charge in [-0.2, -0.15) is 0 Å². The minimum Gasteiger partial charge on any atom is -0.337 e. The molecular weight excluding hydrogens is 427 g/mol. The fourth-order valence-electron chi connectivity index (χ4n) is 3.99. The van der Waals surface area contributed by atoms with Gasteiger partial charge in [-0.25, -0.2) is 0 Å². The SMILES string of the molecule is O=C(/C=C/c1cc(Cl)ccc1Cl)N1CCN(C(c2ccccc2)c2ccccc2)CC1. The van der Waals surface area contributed by atoms with Crippen molar-refractivity contribution >= 4 is 35.2 Å². The lowest BCUT2D eigenvalue weighted by Gasteiger charge is -2.39. The Labute approximate surface area is 193 Å². The third-order valence-corrected chi connectivity index (χ3v) is 6.16. The summed E-state index contributed by atoms with van der Waals surface area (Å²) >= 11 is 12.2. The van der Waals surface area contributed by atoms with Crippen LogP contribution in [0, 0.1) is 0 Å². The summed E-state index contributed by atoms with van der Waals surface area (Å²) in [6.45, 7) is 2.99. The Bertz CT molecular complexity index is 1010. The van der Waals surface area contributed by atoms with Crippen molar-refractivity contribution in [3.8, 4) is 0 Å². The smallest absolute Gasteiger partial charge is 0.246 e. The van der Waals surface area contributed by atoms with Gasteiger partial charge in [0.05, 0.1) is 6.04 Å². The highest BCUT2D eigenvalue weighted by molar-refractivity contribution is 6.34. The second kappa shape index (κ2) is 10.1. The maximum absolute atomic E-state index is 12.7. The maximum Gasteiger partial charge on any atom is 0.246 e. The van der Waals surface area contributed by atoms with Crippen molar-refractivity contribution in [2.45, 2.75) is 6.04 Å². The molecule has 3 aromatic carbocycles. The Balaban J connectivity index is 1.45. The first kappa shape index (κ1) is 21.6. The molecule has 0 saturated carbocycles. The lowest BCUT2D eigenvalue weighted by molar-refractivity contribution is -0.127. The van der Waals surface area contributed by atoms with E-state index in [1.165, 1.54) is 11.1 Å². The van der Waals surface area contributed by atoms with Crippen LogP contribution in [0.2, 0.25) is 10.0 Å². The number of hydrogen-bond donors (Lipinski definition) is 0.